The van der Waals surface area contributed by atoms with Crippen molar-refractivity contribution in [1.29, 1.82) is 5.26 Å². The summed E-state index contributed by atoms with van der Waals surface area (Å²) in [7, 11) is 1.56. The molecule has 30 heavy (non-hydrogen) atoms. The van der Waals surface area contributed by atoms with E-state index in [1.807, 2.05) is 18.2 Å². The Morgan fingerprint density at radius 3 is 2.73 bits per heavy atom. The minimum absolute atomic E-state index is 0.142. The highest BCUT2D eigenvalue weighted by atomic mass is 32.2. The molecule has 0 saturated heterocycles. The number of nitrogens with one attached hydrogen (secondary N) is 1. The minimum atomic E-state index is -4.53. The molecule has 4 aromatic rings. The largest absolute Gasteiger partial charge is 0.497 e. The second kappa shape index (κ2) is 7.68. The van der Waals surface area contributed by atoms with Crippen molar-refractivity contribution >= 4 is 22.8 Å². The Kier molecular flexibility index (Phi) is 5.05. The number of alkyl halides is 3. The minimum Gasteiger partial charge on any atom is -0.497 e. The maximum absolute atomic E-state index is 13.1. The lowest BCUT2D eigenvalue weighted by Gasteiger charge is -2.08. The molecule has 3 heterocycles. The van der Waals surface area contributed by atoms with Crippen LogP contribution in [0, 0.1) is 11.3 Å². The van der Waals surface area contributed by atoms with Gasteiger partial charge >= 0.3 is 6.18 Å². The molecule has 0 fully saturated rings. The van der Waals surface area contributed by atoms with Gasteiger partial charge in [-0.1, -0.05) is 6.07 Å². The van der Waals surface area contributed by atoms with Gasteiger partial charge < -0.3 is 9.72 Å². The van der Waals surface area contributed by atoms with Crippen LogP contribution in [-0.4, -0.2) is 27.0 Å². The molecular weight excluding hydrogens is 415 g/mol. The number of H-pyrrole nitrogens is 1. The number of nitriles is 1. The molecule has 0 amide bonds. The fourth-order valence-electron chi connectivity index (χ4n) is 2.83. The molecule has 0 saturated carbocycles. The quantitative estimate of drug-likeness (QED) is 0.458. The fourth-order valence-corrected chi connectivity index (χ4v) is 3.60. The Hall–Kier alpha value is -3.58. The van der Waals surface area contributed by atoms with E-state index in [2.05, 4.69) is 19.9 Å². The maximum Gasteiger partial charge on any atom is 0.417 e. The normalized spacial score (nSPS) is 11.4. The summed E-state index contributed by atoms with van der Waals surface area (Å²) in [5.74, 6) is 0.663. The zero-order valence-corrected chi connectivity index (χ0v) is 16.2. The SMILES string of the molecule is COc1cccc(Sc2ncc(C#N)c(-c3c[nH]c4ncc(C(F)(F)F)cc34)n2)c1. The summed E-state index contributed by atoms with van der Waals surface area (Å²) in [6.45, 7) is 0. The van der Waals surface area contributed by atoms with Gasteiger partial charge in [0.25, 0.3) is 0 Å². The number of methoxy groups -OCH3 is 1. The van der Waals surface area contributed by atoms with E-state index in [1.54, 1.807) is 19.2 Å². The van der Waals surface area contributed by atoms with Crippen molar-refractivity contribution in [3.63, 3.8) is 0 Å². The summed E-state index contributed by atoms with van der Waals surface area (Å²) < 4.78 is 44.6. The number of ether oxygens (including phenoxy) is 1. The Bertz CT molecular complexity index is 1280. The third kappa shape index (κ3) is 3.79. The number of aromatic amines is 1. The van der Waals surface area contributed by atoms with Gasteiger partial charge in [-0.05, 0) is 36.0 Å². The number of aromatic nitrogens is 4. The van der Waals surface area contributed by atoms with Crippen LogP contribution in [0.1, 0.15) is 11.1 Å². The monoisotopic (exact) mass is 427 g/mol. The molecular formula is C20H12F3N5OS. The first-order chi connectivity index (χ1) is 14.4. The highest BCUT2D eigenvalue weighted by Crippen LogP contribution is 2.35. The van der Waals surface area contributed by atoms with E-state index in [0.29, 0.717) is 16.5 Å². The van der Waals surface area contributed by atoms with Crippen LogP contribution >= 0.6 is 11.8 Å². The van der Waals surface area contributed by atoms with E-state index in [9.17, 15) is 18.4 Å². The van der Waals surface area contributed by atoms with Crippen LogP contribution in [-0.2, 0) is 6.18 Å². The second-order valence-electron chi connectivity index (χ2n) is 6.13. The highest BCUT2D eigenvalue weighted by Gasteiger charge is 2.31. The summed E-state index contributed by atoms with van der Waals surface area (Å²) in [5, 5.41) is 10.0. The molecule has 0 aliphatic rings. The molecule has 6 nitrogen and oxygen atoms in total. The molecule has 0 atom stereocenters. The lowest BCUT2D eigenvalue weighted by atomic mass is 10.1. The van der Waals surface area contributed by atoms with Crippen LogP contribution in [0.5, 0.6) is 5.75 Å². The number of halogens is 3. The topological polar surface area (TPSA) is 87.5 Å². The van der Waals surface area contributed by atoms with Crippen molar-refractivity contribution in [3.05, 3.63) is 60.0 Å². The van der Waals surface area contributed by atoms with E-state index in [1.165, 1.54) is 24.2 Å². The average molecular weight is 427 g/mol. The van der Waals surface area contributed by atoms with Gasteiger partial charge in [-0.25, -0.2) is 15.0 Å². The van der Waals surface area contributed by atoms with Crippen molar-refractivity contribution in [2.45, 2.75) is 16.2 Å². The van der Waals surface area contributed by atoms with Gasteiger partial charge in [-0.2, -0.15) is 18.4 Å². The van der Waals surface area contributed by atoms with Gasteiger partial charge in [0.15, 0.2) is 5.16 Å². The Morgan fingerprint density at radius 1 is 1.17 bits per heavy atom. The summed E-state index contributed by atoms with van der Waals surface area (Å²) in [6.07, 6.45) is -0.934. The van der Waals surface area contributed by atoms with Gasteiger partial charge in [0, 0.05) is 34.4 Å². The molecule has 150 valence electrons. The number of hydrogen-bond acceptors (Lipinski definition) is 6. The Morgan fingerprint density at radius 2 is 2.00 bits per heavy atom. The van der Waals surface area contributed by atoms with Gasteiger partial charge in [-0.3, -0.25) is 0 Å². The number of pyridine rings is 1. The summed E-state index contributed by atoms with van der Waals surface area (Å²) in [4.78, 5) is 16.1. The Balaban J connectivity index is 1.80. The van der Waals surface area contributed by atoms with Gasteiger partial charge in [0.2, 0.25) is 0 Å². The van der Waals surface area contributed by atoms with E-state index in [0.717, 1.165) is 17.2 Å². The predicted molar refractivity (Wildman–Crippen MR) is 104 cm³/mol. The van der Waals surface area contributed by atoms with E-state index in [-0.39, 0.29) is 22.3 Å². The maximum atomic E-state index is 13.1. The third-order valence-corrected chi connectivity index (χ3v) is 5.12. The van der Waals surface area contributed by atoms with E-state index >= 15 is 0 Å². The van der Waals surface area contributed by atoms with Crippen LogP contribution < -0.4 is 4.74 Å². The van der Waals surface area contributed by atoms with Crippen LogP contribution in [0.3, 0.4) is 0 Å². The zero-order chi connectivity index (χ0) is 21.3. The fraction of sp³-hybridized carbons (Fsp3) is 0.100. The van der Waals surface area contributed by atoms with Crippen molar-refractivity contribution < 1.29 is 17.9 Å². The zero-order valence-electron chi connectivity index (χ0n) is 15.4. The van der Waals surface area contributed by atoms with Crippen LogP contribution in [0.15, 0.2) is 59.0 Å². The summed E-state index contributed by atoms with van der Waals surface area (Å²) >= 11 is 1.24. The molecule has 0 spiro atoms. The van der Waals surface area contributed by atoms with Gasteiger partial charge in [-0.15, -0.1) is 0 Å². The number of rotatable bonds is 4. The lowest BCUT2D eigenvalue weighted by Crippen LogP contribution is -2.05. The predicted octanol–water partition coefficient (Wildman–Crippen LogP) is 5.07. The van der Waals surface area contributed by atoms with Crippen molar-refractivity contribution in [1.82, 2.24) is 19.9 Å². The summed E-state index contributed by atoms with van der Waals surface area (Å²) in [6, 6.07) is 10.2. The first kappa shape index (κ1) is 19.7. The van der Waals surface area contributed by atoms with E-state index in [4.69, 9.17) is 4.74 Å². The van der Waals surface area contributed by atoms with Gasteiger partial charge in [0.1, 0.15) is 17.5 Å². The molecule has 3 aromatic heterocycles. The molecule has 0 bridgehead atoms. The van der Waals surface area contributed by atoms with Crippen molar-refractivity contribution in [2.75, 3.05) is 7.11 Å². The van der Waals surface area contributed by atoms with Gasteiger partial charge in [0.05, 0.1) is 23.9 Å². The van der Waals surface area contributed by atoms with Crippen molar-refractivity contribution in [3.8, 4) is 23.1 Å². The highest BCUT2D eigenvalue weighted by molar-refractivity contribution is 7.99. The lowest BCUT2D eigenvalue weighted by molar-refractivity contribution is -0.137. The molecule has 4 rings (SSSR count). The third-order valence-electron chi connectivity index (χ3n) is 4.25. The van der Waals surface area contributed by atoms with Crippen molar-refractivity contribution in [2.24, 2.45) is 0 Å². The standard InChI is InChI=1S/C20H12F3N5OS/c1-29-13-3-2-4-14(6-13)30-19-27-8-11(7-24)17(28-19)16-10-26-18-15(16)5-12(9-25-18)20(21,22)23/h2-6,8-10H,1H3,(H,25,26). The number of hydrogen-bond donors (Lipinski definition) is 1. The second-order valence-corrected chi connectivity index (χ2v) is 7.17. The molecule has 0 aliphatic heterocycles. The number of nitrogens with zero attached hydrogens (tertiary/aromatic N) is 4. The first-order valence-corrected chi connectivity index (χ1v) is 9.34. The Labute approximate surface area is 172 Å². The van der Waals surface area contributed by atoms with E-state index < -0.39 is 11.7 Å². The molecule has 0 radical (unpaired) electrons. The average Bonchev–Trinajstić information content (AvgIpc) is 3.16. The first-order valence-electron chi connectivity index (χ1n) is 8.53. The molecule has 1 aromatic carbocycles. The molecule has 1 N–H and O–H groups in total. The van der Waals surface area contributed by atoms with Crippen LogP contribution in [0.2, 0.25) is 0 Å². The molecule has 0 unspecified atom stereocenters. The number of fused-ring (bicyclic) bond motifs is 1. The molecule has 10 heteroatoms. The summed E-state index contributed by atoms with van der Waals surface area (Å²) in [5.41, 5.74) is 0.0977. The smallest absolute Gasteiger partial charge is 0.417 e. The molecule has 0 aliphatic carbocycles. The number of benzene rings is 1. The van der Waals surface area contributed by atoms with Crippen LogP contribution in [0.25, 0.3) is 22.3 Å². The van der Waals surface area contributed by atoms with Crippen LogP contribution in [0.4, 0.5) is 13.2 Å².